The highest BCUT2D eigenvalue weighted by atomic mass is 15.2. The van der Waals surface area contributed by atoms with Crippen molar-refractivity contribution in [1.82, 2.24) is 4.90 Å². The molecule has 0 aromatic carbocycles. The Hall–Kier alpha value is -0.0800. The van der Waals surface area contributed by atoms with E-state index in [0.29, 0.717) is 0 Å². The van der Waals surface area contributed by atoms with Crippen molar-refractivity contribution >= 4 is 0 Å². The van der Waals surface area contributed by atoms with E-state index >= 15 is 0 Å². The Bertz CT molecular complexity index is 170. The van der Waals surface area contributed by atoms with Gasteiger partial charge in [-0.15, -0.1) is 0 Å². The Morgan fingerprint density at radius 2 is 1.75 bits per heavy atom. The maximum atomic E-state index is 5.94. The van der Waals surface area contributed by atoms with Crippen LogP contribution in [0.1, 0.15) is 59.3 Å². The molecule has 0 aliphatic heterocycles. The Kier molecular flexibility index (Phi) is 6.37. The van der Waals surface area contributed by atoms with Crippen LogP contribution in [0.3, 0.4) is 0 Å². The van der Waals surface area contributed by atoms with Gasteiger partial charge in [-0.05, 0) is 44.7 Å². The molecule has 1 aliphatic rings. The summed E-state index contributed by atoms with van der Waals surface area (Å²) in [5, 5.41) is 0. The van der Waals surface area contributed by atoms with E-state index in [1.54, 1.807) is 0 Å². The molecule has 1 aliphatic carbocycles. The molecule has 2 heteroatoms. The van der Waals surface area contributed by atoms with E-state index in [9.17, 15) is 0 Å². The fourth-order valence-corrected chi connectivity index (χ4v) is 3.42. The maximum Gasteiger partial charge on any atom is 0.0138 e. The van der Waals surface area contributed by atoms with Gasteiger partial charge in [0.2, 0.25) is 0 Å². The third-order valence-corrected chi connectivity index (χ3v) is 4.37. The molecule has 0 radical (unpaired) electrons. The van der Waals surface area contributed by atoms with Gasteiger partial charge in [0.15, 0.2) is 0 Å². The van der Waals surface area contributed by atoms with Crippen molar-refractivity contribution in [2.45, 2.75) is 71.4 Å². The summed E-state index contributed by atoms with van der Waals surface area (Å²) in [5.41, 5.74) is 5.94. The standard InChI is InChI=1S/C14H30N2/c1-4-13(5-2)16(6-3)14-10-8-7-9-12(14)11-15/h12-14H,4-11,15H2,1-3H3. The van der Waals surface area contributed by atoms with E-state index < -0.39 is 0 Å². The monoisotopic (exact) mass is 226 g/mol. The van der Waals surface area contributed by atoms with Crippen LogP contribution in [0.15, 0.2) is 0 Å². The number of nitrogens with two attached hydrogens (primary N) is 1. The topological polar surface area (TPSA) is 29.3 Å². The van der Waals surface area contributed by atoms with Gasteiger partial charge in [-0.2, -0.15) is 0 Å². The minimum absolute atomic E-state index is 0.745. The summed E-state index contributed by atoms with van der Waals surface area (Å²) in [6.45, 7) is 9.00. The molecule has 0 bridgehead atoms. The van der Waals surface area contributed by atoms with E-state index in [-0.39, 0.29) is 0 Å². The second-order valence-corrected chi connectivity index (χ2v) is 5.15. The second-order valence-electron chi connectivity index (χ2n) is 5.15. The van der Waals surface area contributed by atoms with Gasteiger partial charge in [-0.1, -0.05) is 33.6 Å². The predicted molar refractivity (Wildman–Crippen MR) is 71.6 cm³/mol. The summed E-state index contributed by atoms with van der Waals surface area (Å²) >= 11 is 0. The minimum Gasteiger partial charge on any atom is -0.330 e. The van der Waals surface area contributed by atoms with Gasteiger partial charge >= 0.3 is 0 Å². The molecule has 0 spiro atoms. The average molecular weight is 226 g/mol. The van der Waals surface area contributed by atoms with E-state index in [2.05, 4.69) is 25.7 Å². The van der Waals surface area contributed by atoms with Crippen LogP contribution >= 0.6 is 0 Å². The summed E-state index contributed by atoms with van der Waals surface area (Å²) in [4.78, 5) is 2.73. The van der Waals surface area contributed by atoms with E-state index in [1.165, 1.54) is 45.1 Å². The lowest BCUT2D eigenvalue weighted by Crippen LogP contribution is -2.49. The SMILES string of the molecule is CCC(CC)N(CC)C1CCCCC1CN. The van der Waals surface area contributed by atoms with Gasteiger partial charge in [0.05, 0.1) is 0 Å². The molecule has 2 nitrogen and oxygen atoms in total. The first-order valence-corrected chi connectivity index (χ1v) is 7.24. The lowest BCUT2D eigenvalue weighted by molar-refractivity contribution is 0.0665. The molecule has 0 amide bonds. The Morgan fingerprint density at radius 3 is 2.25 bits per heavy atom. The third kappa shape index (κ3) is 3.21. The molecule has 1 saturated carbocycles. The van der Waals surface area contributed by atoms with Crippen molar-refractivity contribution < 1.29 is 0 Å². The zero-order valence-electron chi connectivity index (χ0n) is 11.4. The van der Waals surface area contributed by atoms with Crippen molar-refractivity contribution in [1.29, 1.82) is 0 Å². The second kappa shape index (κ2) is 7.29. The molecule has 1 fully saturated rings. The molecule has 0 saturated heterocycles. The average Bonchev–Trinajstić information content (AvgIpc) is 2.35. The fourth-order valence-electron chi connectivity index (χ4n) is 3.42. The Morgan fingerprint density at radius 1 is 1.12 bits per heavy atom. The summed E-state index contributed by atoms with van der Waals surface area (Å²) in [7, 11) is 0. The van der Waals surface area contributed by atoms with Crippen molar-refractivity contribution in [2.75, 3.05) is 13.1 Å². The maximum absolute atomic E-state index is 5.94. The van der Waals surface area contributed by atoms with E-state index in [1.807, 2.05) is 0 Å². The van der Waals surface area contributed by atoms with Crippen molar-refractivity contribution in [3.05, 3.63) is 0 Å². The summed E-state index contributed by atoms with van der Waals surface area (Å²) < 4.78 is 0. The Balaban J connectivity index is 2.67. The van der Waals surface area contributed by atoms with Crippen LogP contribution in [0.5, 0.6) is 0 Å². The molecule has 96 valence electrons. The van der Waals surface area contributed by atoms with Crippen LogP contribution in [0.2, 0.25) is 0 Å². The first-order chi connectivity index (χ1) is 7.78. The molecule has 1 rings (SSSR count). The molecule has 0 heterocycles. The van der Waals surface area contributed by atoms with Crippen LogP contribution in [-0.2, 0) is 0 Å². The van der Waals surface area contributed by atoms with Gasteiger partial charge in [-0.3, -0.25) is 4.90 Å². The fraction of sp³-hybridized carbons (Fsp3) is 1.00. The van der Waals surface area contributed by atoms with Crippen LogP contribution in [0.4, 0.5) is 0 Å². The normalized spacial score (nSPS) is 26.6. The largest absolute Gasteiger partial charge is 0.330 e. The highest BCUT2D eigenvalue weighted by Gasteiger charge is 2.31. The lowest BCUT2D eigenvalue weighted by Gasteiger charge is -2.43. The minimum atomic E-state index is 0.745. The highest BCUT2D eigenvalue weighted by molar-refractivity contribution is 4.86. The van der Waals surface area contributed by atoms with Crippen LogP contribution < -0.4 is 5.73 Å². The smallest absolute Gasteiger partial charge is 0.0138 e. The van der Waals surface area contributed by atoms with Gasteiger partial charge in [-0.25, -0.2) is 0 Å². The van der Waals surface area contributed by atoms with Gasteiger partial charge < -0.3 is 5.73 Å². The van der Waals surface area contributed by atoms with Crippen LogP contribution in [0.25, 0.3) is 0 Å². The molecule has 0 aromatic rings. The molecular formula is C14H30N2. The van der Waals surface area contributed by atoms with E-state index in [4.69, 9.17) is 5.73 Å². The molecule has 0 aromatic heterocycles. The summed E-state index contributed by atoms with van der Waals surface area (Å²) in [6.07, 6.45) is 8.05. The van der Waals surface area contributed by atoms with Gasteiger partial charge in [0, 0.05) is 12.1 Å². The zero-order chi connectivity index (χ0) is 12.0. The van der Waals surface area contributed by atoms with Crippen molar-refractivity contribution in [3.63, 3.8) is 0 Å². The van der Waals surface area contributed by atoms with Crippen molar-refractivity contribution in [3.8, 4) is 0 Å². The quantitative estimate of drug-likeness (QED) is 0.754. The first kappa shape index (κ1) is 14.0. The van der Waals surface area contributed by atoms with Crippen molar-refractivity contribution in [2.24, 2.45) is 11.7 Å². The van der Waals surface area contributed by atoms with Gasteiger partial charge in [0.1, 0.15) is 0 Å². The molecule has 2 atom stereocenters. The van der Waals surface area contributed by atoms with E-state index in [0.717, 1.165) is 24.5 Å². The number of rotatable bonds is 6. The lowest BCUT2D eigenvalue weighted by atomic mass is 9.82. The first-order valence-electron chi connectivity index (χ1n) is 7.24. The zero-order valence-corrected chi connectivity index (χ0v) is 11.4. The molecule has 16 heavy (non-hydrogen) atoms. The molecule has 2 unspecified atom stereocenters. The summed E-state index contributed by atoms with van der Waals surface area (Å²) in [6, 6.07) is 1.52. The predicted octanol–water partition coefficient (Wildman–Crippen LogP) is 3.01. The van der Waals surface area contributed by atoms with Crippen LogP contribution in [-0.4, -0.2) is 30.1 Å². The number of hydrogen-bond donors (Lipinski definition) is 1. The molecule has 2 N–H and O–H groups in total. The highest BCUT2D eigenvalue weighted by Crippen LogP contribution is 2.30. The third-order valence-electron chi connectivity index (χ3n) is 4.37. The summed E-state index contributed by atoms with van der Waals surface area (Å²) in [5.74, 6) is 0.745. The Labute approximate surface area is 102 Å². The molecular weight excluding hydrogens is 196 g/mol. The van der Waals surface area contributed by atoms with Gasteiger partial charge in [0.25, 0.3) is 0 Å². The van der Waals surface area contributed by atoms with Crippen LogP contribution in [0, 0.1) is 5.92 Å². The number of nitrogens with zero attached hydrogens (tertiary/aromatic N) is 1. The number of hydrogen-bond acceptors (Lipinski definition) is 2.